The Bertz CT molecular complexity index is 490. The highest BCUT2D eigenvalue weighted by Gasteiger charge is 2.47. The summed E-state index contributed by atoms with van der Waals surface area (Å²) < 4.78 is 5.61. The van der Waals surface area contributed by atoms with E-state index in [1.54, 1.807) is 19.1 Å². The van der Waals surface area contributed by atoms with Gasteiger partial charge in [0.15, 0.2) is 0 Å². The molecule has 2 rings (SSSR count). The third-order valence-electron chi connectivity index (χ3n) is 2.72. The van der Waals surface area contributed by atoms with Gasteiger partial charge in [-0.15, -0.1) is 11.3 Å². The van der Waals surface area contributed by atoms with Crippen molar-refractivity contribution in [2.75, 3.05) is 13.7 Å². The first-order chi connectivity index (χ1) is 8.46. The molecular formula is C11H13ClN2O3S. The SMILES string of the molecule is COC[C@@]1(C)NC(=O)N(Cc2ccc(Cl)s2)C1=O. The zero-order valence-corrected chi connectivity index (χ0v) is 11.6. The molecule has 0 saturated carbocycles. The number of hydrogen-bond donors (Lipinski definition) is 1. The lowest BCUT2D eigenvalue weighted by atomic mass is 10.0. The minimum Gasteiger partial charge on any atom is -0.382 e. The van der Waals surface area contributed by atoms with Gasteiger partial charge >= 0.3 is 6.03 Å². The summed E-state index contributed by atoms with van der Waals surface area (Å²) >= 11 is 7.17. The van der Waals surface area contributed by atoms with Gasteiger partial charge in [0.2, 0.25) is 0 Å². The van der Waals surface area contributed by atoms with E-state index in [9.17, 15) is 9.59 Å². The highest BCUT2D eigenvalue weighted by Crippen LogP contribution is 2.26. The standard InChI is InChI=1S/C11H13ClN2O3S/c1-11(6-17-2)9(15)14(10(16)13-11)5-7-3-4-8(12)18-7/h3-4H,5-6H2,1-2H3,(H,13,16)/t11-/m1/s1. The highest BCUT2D eigenvalue weighted by atomic mass is 35.5. The van der Waals surface area contributed by atoms with Gasteiger partial charge in [0, 0.05) is 12.0 Å². The first-order valence-electron chi connectivity index (χ1n) is 5.33. The molecule has 1 aromatic rings. The van der Waals surface area contributed by atoms with Crippen LogP contribution in [-0.2, 0) is 16.1 Å². The minimum absolute atomic E-state index is 0.152. The van der Waals surface area contributed by atoms with Crippen LogP contribution >= 0.6 is 22.9 Å². The van der Waals surface area contributed by atoms with Crippen molar-refractivity contribution in [2.24, 2.45) is 0 Å². The minimum atomic E-state index is -0.979. The van der Waals surface area contributed by atoms with Gasteiger partial charge < -0.3 is 10.1 Å². The van der Waals surface area contributed by atoms with E-state index in [1.165, 1.54) is 23.3 Å². The summed E-state index contributed by atoms with van der Waals surface area (Å²) in [6.07, 6.45) is 0. The van der Waals surface area contributed by atoms with Crippen molar-refractivity contribution in [2.45, 2.75) is 19.0 Å². The van der Waals surface area contributed by atoms with E-state index in [4.69, 9.17) is 16.3 Å². The lowest BCUT2D eigenvalue weighted by molar-refractivity contribution is -0.132. The van der Waals surface area contributed by atoms with Gasteiger partial charge in [0.25, 0.3) is 5.91 Å². The molecule has 1 aromatic heterocycles. The van der Waals surface area contributed by atoms with Crippen molar-refractivity contribution in [3.05, 3.63) is 21.3 Å². The van der Waals surface area contributed by atoms with E-state index in [2.05, 4.69) is 5.32 Å². The van der Waals surface area contributed by atoms with Gasteiger partial charge in [0.05, 0.1) is 17.5 Å². The Balaban J connectivity index is 2.14. The van der Waals surface area contributed by atoms with E-state index < -0.39 is 11.6 Å². The molecule has 1 atom stereocenters. The Kier molecular flexibility index (Phi) is 3.61. The number of nitrogens with one attached hydrogen (secondary N) is 1. The lowest BCUT2D eigenvalue weighted by Crippen LogP contribution is -2.47. The van der Waals surface area contributed by atoms with Crippen LogP contribution in [0.1, 0.15) is 11.8 Å². The van der Waals surface area contributed by atoms with Gasteiger partial charge in [-0.2, -0.15) is 0 Å². The third-order valence-corrected chi connectivity index (χ3v) is 3.94. The zero-order valence-electron chi connectivity index (χ0n) is 10.0. The monoisotopic (exact) mass is 288 g/mol. The van der Waals surface area contributed by atoms with Gasteiger partial charge in [-0.25, -0.2) is 4.79 Å². The molecule has 0 radical (unpaired) electrons. The Hall–Kier alpha value is -1.11. The number of thiophene rings is 1. The average Bonchev–Trinajstić information content (AvgIpc) is 2.78. The number of methoxy groups -OCH3 is 1. The number of ether oxygens (including phenoxy) is 1. The van der Waals surface area contributed by atoms with Gasteiger partial charge in [-0.3, -0.25) is 9.69 Å². The number of urea groups is 1. The molecule has 98 valence electrons. The maximum atomic E-state index is 12.2. The summed E-state index contributed by atoms with van der Waals surface area (Å²) in [4.78, 5) is 26.0. The number of nitrogens with zero attached hydrogens (tertiary/aromatic N) is 1. The predicted molar refractivity (Wildman–Crippen MR) is 68.7 cm³/mol. The second kappa shape index (κ2) is 4.87. The predicted octanol–water partition coefficient (Wildman–Crippen LogP) is 1.86. The molecule has 1 aliphatic rings. The fourth-order valence-corrected chi connectivity index (χ4v) is 2.95. The Morgan fingerprint density at radius 1 is 1.50 bits per heavy atom. The van der Waals surface area contributed by atoms with Crippen molar-refractivity contribution in [3.63, 3.8) is 0 Å². The first-order valence-corrected chi connectivity index (χ1v) is 6.53. The molecule has 5 nitrogen and oxygen atoms in total. The Morgan fingerprint density at radius 3 is 2.78 bits per heavy atom. The molecule has 2 heterocycles. The summed E-state index contributed by atoms with van der Waals surface area (Å²) in [5.74, 6) is -0.279. The molecular weight excluding hydrogens is 276 g/mol. The molecule has 1 aliphatic heterocycles. The van der Waals surface area contributed by atoms with Crippen LogP contribution in [0.25, 0.3) is 0 Å². The van der Waals surface area contributed by atoms with E-state index in [-0.39, 0.29) is 19.1 Å². The number of halogens is 1. The molecule has 1 N–H and O–H groups in total. The molecule has 0 unspecified atom stereocenters. The van der Waals surface area contributed by atoms with Crippen molar-refractivity contribution in [1.29, 1.82) is 0 Å². The van der Waals surface area contributed by atoms with Crippen LogP contribution in [0.4, 0.5) is 4.79 Å². The molecule has 0 spiro atoms. The fourth-order valence-electron chi connectivity index (χ4n) is 1.87. The molecule has 18 heavy (non-hydrogen) atoms. The molecule has 1 saturated heterocycles. The number of rotatable bonds is 4. The number of hydrogen-bond acceptors (Lipinski definition) is 4. The zero-order chi connectivity index (χ0) is 13.3. The molecule has 0 aromatic carbocycles. The summed E-state index contributed by atoms with van der Waals surface area (Å²) in [7, 11) is 1.49. The number of imide groups is 1. The summed E-state index contributed by atoms with van der Waals surface area (Å²) in [5.41, 5.74) is -0.979. The van der Waals surface area contributed by atoms with Crippen LogP contribution in [0.2, 0.25) is 4.34 Å². The van der Waals surface area contributed by atoms with Crippen molar-refractivity contribution in [3.8, 4) is 0 Å². The normalized spacial score (nSPS) is 23.6. The van der Waals surface area contributed by atoms with Crippen LogP contribution in [-0.4, -0.2) is 36.1 Å². The molecule has 1 fully saturated rings. The van der Waals surface area contributed by atoms with E-state index in [0.717, 1.165) is 4.88 Å². The number of carbonyl (C=O) groups excluding carboxylic acids is 2. The largest absolute Gasteiger partial charge is 0.382 e. The van der Waals surface area contributed by atoms with E-state index in [0.29, 0.717) is 4.34 Å². The van der Waals surface area contributed by atoms with Gasteiger partial charge in [-0.1, -0.05) is 11.6 Å². The molecule has 0 bridgehead atoms. The second-order valence-electron chi connectivity index (χ2n) is 4.29. The van der Waals surface area contributed by atoms with Crippen LogP contribution in [0.15, 0.2) is 12.1 Å². The quantitative estimate of drug-likeness (QED) is 0.860. The molecule has 3 amide bonds. The maximum Gasteiger partial charge on any atom is 0.325 e. The van der Waals surface area contributed by atoms with Crippen LogP contribution in [0, 0.1) is 0 Å². The van der Waals surface area contributed by atoms with Crippen LogP contribution < -0.4 is 5.32 Å². The Morgan fingerprint density at radius 2 is 2.22 bits per heavy atom. The van der Waals surface area contributed by atoms with Gasteiger partial charge in [-0.05, 0) is 19.1 Å². The van der Waals surface area contributed by atoms with Gasteiger partial charge in [0.1, 0.15) is 5.54 Å². The number of carbonyl (C=O) groups is 2. The second-order valence-corrected chi connectivity index (χ2v) is 6.09. The molecule has 0 aliphatic carbocycles. The van der Waals surface area contributed by atoms with Crippen LogP contribution in [0.3, 0.4) is 0 Å². The topological polar surface area (TPSA) is 58.6 Å². The maximum absolute atomic E-state index is 12.2. The number of amides is 3. The Labute approximate surface area is 114 Å². The fraction of sp³-hybridized carbons (Fsp3) is 0.455. The third kappa shape index (κ3) is 2.36. The van der Waals surface area contributed by atoms with Crippen molar-refractivity contribution >= 4 is 34.9 Å². The van der Waals surface area contributed by atoms with Crippen LogP contribution in [0.5, 0.6) is 0 Å². The summed E-state index contributed by atoms with van der Waals surface area (Å²) in [6.45, 7) is 2.04. The highest BCUT2D eigenvalue weighted by molar-refractivity contribution is 7.16. The summed E-state index contributed by atoms with van der Waals surface area (Å²) in [6, 6.07) is 3.15. The first kappa shape index (κ1) is 13.3. The van der Waals surface area contributed by atoms with Crippen molar-refractivity contribution < 1.29 is 14.3 Å². The van der Waals surface area contributed by atoms with E-state index in [1.807, 2.05) is 0 Å². The summed E-state index contributed by atoms with van der Waals surface area (Å²) in [5, 5.41) is 2.64. The smallest absolute Gasteiger partial charge is 0.325 e. The lowest BCUT2D eigenvalue weighted by Gasteiger charge is -2.20. The van der Waals surface area contributed by atoms with E-state index >= 15 is 0 Å². The van der Waals surface area contributed by atoms with Crippen molar-refractivity contribution in [1.82, 2.24) is 10.2 Å². The molecule has 7 heteroatoms. The average molecular weight is 289 g/mol.